The highest BCUT2D eigenvalue weighted by Gasteiger charge is 2.10. The van der Waals surface area contributed by atoms with Gasteiger partial charge in [-0.05, 0) is 59.2 Å². The number of halogens is 2. The van der Waals surface area contributed by atoms with Gasteiger partial charge in [0.1, 0.15) is 5.82 Å². The highest BCUT2D eigenvalue weighted by Crippen LogP contribution is 2.27. The van der Waals surface area contributed by atoms with Crippen LogP contribution in [0.4, 0.5) is 4.39 Å². The third-order valence-corrected chi connectivity index (χ3v) is 5.31. The zero-order valence-electron chi connectivity index (χ0n) is 16.2. The quantitative estimate of drug-likeness (QED) is 0.359. The lowest BCUT2D eigenvalue weighted by atomic mass is 9.98. The summed E-state index contributed by atoms with van der Waals surface area (Å²) in [6.45, 7) is 0.537. The van der Waals surface area contributed by atoms with Gasteiger partial charge in [-0.3, -0.25) is 4.98 Å². The lowest BCUT2D eigenvalue weighted by Gasteiger charge is -2.09. The number of fused-ring (bicyclic) bond motifs is 1. The molecule has 0 spiro atoms. The number of aryl methyl sites for hydroxylation is 2. The molecule has 0 fully saturated rings. The molecule has 0 amide bonds. The first-order valence-electron chi connectivity index (χ1n) is 9.54. The minimum atomic E-state index is -0.147. The van der Waals surface area contributed by atoms with E-state index in [4.69, 9.17) is 16.3 Å². The predicted molar refractivity (Wildman–Crippen MR) is 117 cm³/mol. The molecule has 0 aliphatic rings. The van der Waals surface area contributed by atoms with Gasteiger partial charge in [-0.2, -0.15) is 0 Å². The molecular formula is C25H21ClFNO. The molecule has 1 aromatic heterocycles. The van der Waals surface area contributed by atoms with Gasteiger partial charge < -0.3 is 4.74 Å². The van der Waals surface area contributed by atoms with Gasteiger partial charge in [0.25, 0.3) is 0 Å². The first-order valence-corrected chi connectivity index (χ1v) is 9.91. The predicted octanol–water partition coefficient (Wildman–Crippen LogP) is 6.63. The van der Waals surface area contributed by atoms with Gasteiger partial charge in [-0.1, -0.05) is 54.1 Å². The molecule has 0 radical (unpaired) electrons. The molecule has 3 aromatic carbocycles. The molecule has 4 rings (SSSR count). The van der Waals surface area contributed by atoms with Crippen LogP contribution in [0.3, 0.4) is 0 Å². The summed E-state index contributed by atoms with van der Waals surface area (Å²) < 4.78 is 20.2. The fourth-order valence-corrected chi connectivity index (χ4v) is 3.59. The summed E-state index contributed by atoms with van der Waals surface area (Å²) >= 11 is 5.93. The maximum Gasteiger partial charge on any atom is 0.134 e. The summed E-state index contributed by atoms with van der Waals surface area (Å²) in [5, 5.41) is 2.22. The van der Waals surface area contributed by atoms with Gasteiger partial charge in [0.05, 0.1) is 12.3 Å². The molecule has 0 atom stereocenters. The zero-order chi connectivity index (χ0) is 20.2. The second-order valence-corrected chi connectivity index (χ2v) is 7.52. The monoisotopic (exact) mass is 405 g/mol. The van der Waals surface area contributed by atoms with Crippen LogP contribution in [0.1, 0.15) is 16.7 Å². The molecule has 0 N–H and O–H groups in total. The molecule has 0 saturated carbocycles. The van der Waals surface area contributed by atoms with Crippen LogP contribution in [0, 0.1) is 5.82 Å². The van der Waals surface area contributed by atoms with Crippen LogP contribution in [0.25, 0.3) is 22.0 Å². The van der Waals surface area contributed by atoms with Crippen LogP contribution in [-0.2, 0) is 24.2 Å². The molecule has 2 nitrogen and oxygen atoms in total. The smallest absolute Gasteiger partial charge is 0.134 e. The van der Waals surface area contributed by atoms with Crippen molar-refractivity contribution in [2.75, 3.05) is 7.11 Å². The van der Waals surface area contributed by atoms with E-state index in [0.29, 0.717) is 23.4 Å². The van der Waals surface area contributed by atoms with Crippen molar-refractivity contribution < 1.29 is 9.13 Å². The minimum Gasteiger partial charge on any atom is -0.380 e. The number of rotatable bonds is 6. The molecule has 4 aromatic rings. The van der Waals surface area contributed by atoms with Crippen LogP contribution in [0.15, 0.2) is 72.9 Å². The lowest BCUT2D eigenvalue weighted by Crippen LogP contribution is -1.96. The minimum absolute atomic E-state index is 0.147. The summed E-state index contributed by atoms with van der Waals surface area (Å²) in [5.41, 5.74) is 4.72. The first-order chi connectivity index (χ1) is 14.1. The second-order valence-electron chi connectivity index (χ2n) is 7.09. The Hall–Kier alpha value is -2.75. The van der Waals surface area contributed by atoms with E-state index in [1.807, 2.05) is 72.9 Å². The van der Waals surface area contributed by atoms with Crippen molar-refractivity contribution in [3.8, 4) is 11.3 Å². The summed E-state index contributed by atoms with van der Waals surface area (Å²) in [7, 11) is 1.66. The van der Waals surface area contributed by atoms with Crippen molar-refractivity contribution in [1.29, 1.82) is 0 Å². The number of aromatic nitrogens is 1. The third kappa shape index (κ3) is 4.47. The highest BCUT2D eigenvalue weighted by molar-refractivity contribution is 6.30. The second kappa shape index (κ2) is 8.73. The van der Waals surface area contributed by atoms with Crippen molar-refractivity contribution in [1.82, 2.24) is 4.98 Å². The molecule has 0 aliphatic carbocycles. The molecule has 0 saturated heterocycles. The van der Waals surface area contributed by atoms with Gasteiger partial charge >= 0.3 is 0 Å². The van der Waals surface area contributed by atoms with E-state index in [9.17, 15) is 0 Å². The van der Waals surface area contributed by atoms with Gasteiger partial charge in [0, 0.05) is 29.3 Å². The Balaban J connectivity index is 1.57. The summed E-state index contributed by atoms with van der Waals surface area (Å²) in [6, 6.07) is 21.3. The van der Waals surface area contributed by atoms with Crippen LogP contribution in [0.5, 0.6) is 0 Å². The normalized spacial score (nSPS) is 11.1. The number of hydrogen-bond acceptors (Lipinski definition) is 2. The molecule has 4 heteroatoms. The number of methoxy groups -OCH3 is 1. The van der Waals surface area contributed by atoms with E-state index in [2.05, 4.69) is 4.98 Å². The Kier molecular flexibility index (Phi) is 5.89. The Morgan fingerprint density at radius 1 is 0.897 bits per heavy atom. The van der Waals surface area contributed by atoms with Gasteiger partial charge in [-0.25, -0.2) is 4.39 Å². The van der Waals surface area contributed by atoms with Crippen LogP contribution >= 0.6 is 11.6 Å². The Labute approximate surface area is 174 Å². The summed E-state index contributed by atoms with van der Waals surface area (Å²) in [4.78, 5) is 4.50. The lowest BCUT2D eigenvalue weighted by molar-refractivity contribution is 0.184. The fourth-order valence-electron chi connectivity index (χ4n) is 3.47. The molecule has 0 bridgehead atoms. The molecule has 0 unspecified atom stereocenters. The van der Waals surface area contributed by atoms with E-state index in [1.165, 1.54) is 0 Å². The van der Waals surface area contributed by atoms with Crippen molar-refractivity contribution in [2.24, 2.45) is 0 Å². The Morgan fingerprint density at radius 2 is 1.69 bits per heavy atom. The Morgan fingerprint density at radius 3 is 2.41 bits per heavy atom. The van der Waals surface area contributed by atoms with Crippen LogP contribution in [-0.4, -0.2) is 12.1 Å². The van der Waals surface area contributed by atoms with Crippen molar-refractivity contribution in [2.45, 2.75) is 19.4 Å². The molecule has 0 aliphatic heterocycles. The average molecular weight is 406 g/mol. The van der Waals surface area contributed by atoms with Gasteiger partial charge in [0.15, 0.2) is 0 Å². The standard InChI is InChI=1S/C25H21ClFNO/c1-29-16-18-5-13-24(28-15-18)21-9-12-23-20(14-21)8-7-19(25(23)27)6-2-17-3-10-22(26)11-4-17/h3-5,7-15H,2,6,16H2,1H3. The highest BCUT2D eigenvalue weighted by atomic mass is 35.5. The molecule has 29 heavy (non-hydrogen) atoms. The molecule has 1 heterocycles. The average Bonchev–Trinajstić information content (AvgIpc) is 2.75. The Bertz CT molecular complexity index is 1120. The topological polar surface area (TPSA) is 22.1 Å². The third-order valence-electron chi connectivity index (χ3n) is 5.06. The first kappa shape index (κ1) is 19.6. The summed E-state index contributed by atoms with van der Waals surface area (Å²) in [5.74, 6) is -0.147. The van der Waals surface area contributed by atoms with Gasteiger partial charge in [-0.15, -0.1) is 0 Å². The maximum atomic E-state index is 15.1. The number of benzene rings is 3. The number of ether oxygens (including phenoxy) is 1. The molecule has 146 valence electrons. The van der Waals surface area contributed by atoms with Crippen molar-refractivity contribution >= 4 is 22.4 Å². The largest absolute Gasteiger partial charge is 0.380 e. The number of pyridine rings is 1. The van der Waals surface area contributed by atoms with E-state index in [-0.39, 0.29) is 5.82 Å². The van der Waals surface area contributed by atoms with E-state index in [0.717, 1.165) is 39.8 Å². The van der Waals surface area contributed by atoms with E-state index in [1.54, 1.807) is 7.11 Å². The molecular weight excluding hydrogens is 385 g/mol. The van der Waals surface area contributed by atoms with Crippen LogP contribution in [0.2, 0.25) is 5.02 Å². The van der Waals surface area contributed by atoms with Crippen molar-refractivity contribution in [3.63, 3.8) is 0 Å². The fraction of sp³-hybridized carbons (Fsp3) is 0.160. The summed E-state index contributed by atoms with van der Waals surface area (Å²) in [6.07, 6.45) is 3.23. The SMILES string of the molecule is COCc1ccc(-c2ccc3c(F)c(CCc4ccc(Cl)cc4)ccc3c2)nc1. The van der Waals surface area contributed by atoms with Gasteiger partial charge in [0.2, 0.25) is 0 Å². The van der Waals surface area contributed by atoms with Crippen LogP contribution < -0.4 is 0 Å². The van der Waals surface area contributed by atoms with Crippen molar-refractivity contribution in [3.05, 3.63) is 100 Å². The van der Waals surface area contributed by atoms with E-state index >= 15 is 4.39 Å². The zero-order valence-corrected chi connectivity index (χ0v) is 16.9. The van der Waals surface area contributed by atoms with E-state index < -0.39 is 0 Å². The number of hydrogen-bond donors (Lipinski definition) is 0. The maximum absolute atomic E-state index is 15.1. The number of nitrogens with zero attached hydrogens (tertiary/aromatic N) is 1.